The number of nitrogens with zero attached hydrogens (tertiary/aromatic N) is 6. The summed E-state index contributed by atoms with van der Waals surface area (Å²) in [6, 6.07) is 1.67. The minimum Gasteiger partial charge on any atom is -0.481 e. The van der Waals surface area contributed by atoms with Crippen LogP contribution in [0.15, 0.2) is 23.3 Å². The van der Waals surface area contributed by atoms with Crippen LogP contribution in [-0.4, -0.2) is 59.5 Å². The lowest BCUT2D eigenvalue weighted by Gasteiger charge is -2.36. The number of ether oxygens (including phenoxy) is 1. The molecule has 0 radical (unpaired) electrons. The molecule has 8 nitrogen and oxygen atoms in total. The zero-order chi connectivity index (χ0) is 18.7. The first kappa shape index (κ1) is 18.3. The highest BCUT2D eigenvalue weighted by atomic mass is 35.5. The van der Waals surface area contributed by atoms with Gasteiger partial charge in [-0.25, -0.2) is 18.4 Å². The van der Waals surface area contributed by atoms with Gasteiger partial charge in [0.25, 0.3) is 12.0 Å². The molecule has 0 saturated carbocycles. The smallest absolute Gasteiger partial charge is 0.287 e. The molecule has 1 saturated heterocycles. The average Bonchev–Trinajstić information content (AvgIpc) is 2.65. The standard InChI is InChI=1S/C15H17ClF2N6O2/c1-26-12-2-3-19-15(21-12)23-6-4-22(5-7-23)10-8-20-24(9-11(17)18)14(25)13(10)16/h2-3,8,11H,4-7,9H2,1H3. The molecular formula is C15H17ClF2N6O2. The second-order valence-electron chi connectivity index (χ2n) is 5.60. The number of methoxy groups -OCH3 is 1. The van der Waals surface area contributed by atoms with Gasteiger partial charge in [0.15, 0.2) is 0 Å². The van der Waals surface area contributed by atoms with Crippen molar-refractivity contribution in [3.8, 4) is 5.88 Å². The van der Waals surface area contributed by atoms with E-state index in [1.807, 2.05) is 9.80 Å². The minimum absolute atomic E-state index is 0.105. The molecule has 0 atom stereocenters. The van der Waals surface area contributed by atoms with Crippen LogP contribution in [0.5, 0.6) is 5.88 Å². The molecule has 0 aliphatic carbocycles. The van der Waals surface area contributed by atoms with E-state index < -0.39 is 18.5 Å². The maximum absolute atomic E-state index is 12.5. The summed E-state index contributed by atoms with van der Waals surface area (Å²) in [5.74, 6) is 1.04. The Morgan fingerprint density at radius 1 is 1.27 bits per heavy atom. The van der Waals surface area contributed by atoms with E-state index in [0.29, 0.717) is 48.4 Å². The molecule has 3 rings (SSSR count). The predicted octanol–water partition coefficient (Wildman–Crippen LogP) is 1.29. The molecule has 140 valence electrons. The van der Waals surface area contributed by atoms with Crippen LogP contribution in [0.4, 0.5) is 20.4 Å². The Balaban J connectivity index is 1.72. The average molecular weight is 387 g/mol. The molecule has 2 aromatic rings. The largest absolute Gasteiger partial charge is 0.481 e. The van der Waals surface area contributed by atoms with Crippen LogP contribution in [0.25, 0.3) is 0 Å². The summed E-state index contributed by atoms with van der Waals surface area (Å²) >= 11 is 6.09. The summed E-state index contributed by atoms with van der Waals surface area (Å²) in [6.07, 6.45) is 0.300. The fraction of sp³-hybridized carbons (Fsp3) is 0.467. The van der Waals surface area contributed by atoms with Crippen molar-refractivity contribution in [3.05, 3.63) is 33.8 Å². The van der Waals surface area contributed by atoms with E-state index in [-0.39, 0.29) is 5.02 Å². The highest BCUT2D eigenvalue weighted by molar-refractivity contribution is 6.33. The molecule has 0 amide bonds. The first-order valence-corrected chi connectivity index (χ1v) is 8.28. The zero-order valence-electron chi connectivity index (χ0n) is 14.0. The van der Waals surface area contributed by atoms with Crippen LogP contribution in [0.2, 0.25) is 5.02 Å². The Morgan fingerprint density at radius 3 is 2.62 bits per heavy atom. The van der Waals surface area contributed by atoms with Crippen molar-refractivity contribution in [1.82, 2.24) is 19.7 Å². The third kappa shape index (κ3) is 3.85. The van der Waals surface area contributed by atoms with Crippen molar-refractivity contribution in [3.63, 3.8) is 0 Å². The summed E-state index contributed by atoms with van der Waals surface area (Å²) in [6.45, 7) is 1.54. The van der Waals surface area contributed by atoms with E-state index >= 15 is 0 Å². The number of piperazine rings is 1. The lowest BCUT2D eigenvalue weighted by Crippen LogP contribution is -2.47. The number of hydrogen-bond donors (Lipinski definition) is 0. The third-order valence-corrected chi connectivity index (χ3v) is 4.36. The van der Waals surface area contributed by atoms with Crippen LogP contribution in [0.1, 0.15) is 0 Å². The Kier molecular flexibility index (Phi) is 5.50. The lowest BCUT2D eigenvalue weighted by molar-refractivity contribution is 0.119. The van der Waals surface area contributed by atoms with E-state index in [1.54, 1.807) is 12.3 Å². The molecule has 2 aromatic heterocycles. The monoisotopic (exact) mass is 386 g/mol. The number of halogens is 3. The highest BCUT2D eigenvalue weighted by Gasteiger charge is 2.23. The van der Waals surface area contributed by atoms with Gasteiger partial charge in [0, 0.05) is 38.4 Å². The fourth-order valence-electron chi connectivity index (χ4n) is 2.68. The van der Waals surface area contributed by atoms with E-state index in [0.717, 1.165) is 0 Å². The number of hydrogen-bond acceptors (Lipinski definition) is 7. The minimum atomic E-state index is -2.67. The van der Waals surface area contributed by atoms with Crippen LogP contribution in [0.3, 0.4) is 0 Å². The van der Waals surface area contributed by atoms with Crippen LogP contribution in [-0.2, 0) is 6.54 Å². The van der Waals surface area contributed by atoms with Gasteiger partial charge in [-0.3, -0.25) is 4.79 Å². The van der Waals surface area contributed by atoms with Gasteiger partial charge in [-0.15, -0.1) is 0 Å². The molecule has 1 fully saturated rings. The topological polar surface area (TPSA) is 76.4 Å². The molecule has 1 aliphatic heterocycles. The SMILES string of the molecule is COc1ccnc(N2CCN(c3cnn(CC(F)F)c(=O)c3Cl)CC2)n1. The molecule has 0 N–H and O–H groups in total. The van der Waals surface area contributed by atoms with Gasteiger partial charge in [-0.1, -0.05) is 11.6 Å². The molecule has 11 heteroatoms. The molecule has 1 aliphatic rings. The molecule has 3 heterocycles. The first-order chi connectivity index (χ1) is 12.5. The predicted molar refractivity (Wildman–Crippen MR) is 92.5 cm³/mol. The number of rotatable bonds is 5. The summed E-state index contributed by atoms with van der Waals surface area (Å²) in [7, 11) is 1.54. The summed E-state index contributed by atoms with van der Waals surface area (Å²) in [4.78, 5) is 24.5. The van der Waals surface area contributed by atoms with Gasteiger partial charge in [0.2, 0.25) is 11.8 Å². The summed E-state index contributed by atoms with van der Waals surface area (Å²) < 4.78 is 30.7. The van der Waals surface area contributed by atoms with E-state index in [4.69, 9.17) is 16.3 Å². The van der Waals surface area contributed by atoms with Crippen molar-refractivity contribution in [2.24, 2.45) is 0 Å². The van der Waals surface area contributed by atoms with Gasteiger partial charge >= 0.3 is 0 Å². The Labute approximate surface area is 153 Å². The quantitative estimate of drug-likeness (QED) is 0.766. The van der Waals surface area contributed by atoms with E-state index in [1.165, 1.54) is 13.3 Å². The van der Waals surface area contributed by atoms with Crippen molar-refractivity contribution < 1.29 is 13.5 Å². The summed E-state index contributed by atoms with van der Waals surface area (Å²) in [5.41, 5.74) is -0.281. The molecule has 26 heavy (non-hydrogen) atoms. The molecule has 0 unspecified atom stereocenters. The Bertz CT molecular complexity index is 826. The van der Waals surface area contributed by atoms with Crippen molar-refractivity contribution in [2.45, 2.75) is 13.0 Å². The zero-order valence-corrected chi connectivity index (χ0v) is 14.7. The maximum Gasteiger partial charge on any atom is 0.287 e. The molecule has 0 bridgehead atoms. The van der Waals surface area contributed by atoms with Crippen molar-refractivity contribution >= 4 is 23.2 Å². The second-order valence-corrected chi connectivity index (χ2v) is 5.97. The Hall–Kier alpha value is -2.49. The maximum atomic E-state index is 12.5. The molecule has 0 spiro atoms. The van der Waals surface area contributed by atoms with Gasteiger partial charge in [-0.05, 0) is 0 Å². The van der Waals surface area contributed by atoms with Gasteiger partial charge < -0.3 is 14.5 Å². The van der Waals surface area contributed by atoms with Crippen molar-refractivity contribution in [2.75, 3.05) is 43.1 Å². The first-order valence-electron chi connectivity index (χ1n) is 7.90. The second kappa shape index (κ2) is 7.81. The van der Waals surface area contributed by atoms with Crippen LogP contribution >= 0.6 is 11.6 Å². The number of anilines is 2. The van der Waals surface area contributed by atoms with Gasteiger partial charge in [0.1, 0.15) is 11.6 Å². The fourth-order valence-corrected chi connectivity index (χ4v) is 2.95. The van der Waals surface area contributed by atoms with E-state index in [9.17, 15) is 13.6 Å². The Morgan fingerprint density at radius 2 is 1.96 bits per heavy atom. The lowest BCUT2D eigenvalue weighted by atomic mass is 10.3. The van der Waals surface area contributed by atoms with Gasteiger partial charge in [0.05, 0.1) is 19.0 Å². The third-order valence-electron chi connectivity index (χ3n) is 4.01. The highest BCUT2D eigenvalue weighted by Crippen LogP contribution is 2.23. The van der Waals surface area contributed by atoms with Gasteiger partial charge in [-0.2, -0.15) is 10.1 Å². The van der Waals surface area contributed by atoms with Crippen LogP contribution in [0, 0.1) is 0 Å². The number of aromatic nitrogens is 4. The normalized spacial score (nSPS) is 14.8. The van der Waals surface area contributed by atoms with Crippen molar-refractivity contribution in [1.29, 1.82) is 0 Å². The summed E-state index contributed by atoms with van der Waals surface area (Å²) in [5, 5.41) is 3.69. The molecular weight excluding hydrogens is 370 g/mol. The number of alkyl halides is 2. The van der Waals surface area contributed by atoms with E-state index in [2.05, 4.69) is 15.1 Å². The van der Waals surface area contributed by atoms with Crippen LogP contribution < -0.4 is 20.1 Å². The molecule has 0 aromatic carbocycles.